The molecule has 2 aromatic heterocycles. The van der Waals surface area contributed by atoms with Crippen LogP contribution in [0.25, 0.3) is 11.1 Å². The summed E-state index contributed by atoms with van der Waals surface area (Å²) >= 11 is 0. The maximum absolute atomic E-state index is 12.8. The molecule has 0 radical (unpaired) electrons. The Morgan fingerprint density at radius 1 is 0.977 bits per heavy atom. The van der Waals surface area contributed by atoms with Crippen molar-refractivity contribution in [2.75, 3.05) is 29.4 Å². The predicted octanol–water partition coefficient (Wildman–Crippen LogP) is 6.77. The van der Waals surface area contributed by atoms with E-state index in [1.54, 1.807) is 6.33 Å². The molecule has 2 aliphatic heterocycles. The number of ether oxygens (including phenoxy) is 1. The van der Waals surface area contributed by atoms with Crippen LogP contribution in [0.15, 0.2) is 24.5 Å². The zero-order valence-corrected chi connectivity index (χ0v) is 27.5. The number of rotatable bonds is 6. The molecule has 4 heterocycles. The summed E-state index contributed by atoms with van der Waals surface area (Å²) in [4.78, 5) is 31.8. The molecule has 0 saturated carbocycles. The van der Waals surface area contributed by atoms with Gasteiger partial charge in [0.1, 0.15) is 12.1 Å². The van der Waals surface area contributed by atoms with Crippen LogP contribution in [0.3, 0.4) is 0 Å². The first-order chi connectivity index (χ1) is 20.8. The van der Waals surface area contributed by atoms with Crippen LogP contribution in [-0.2, 0) is 35.3 Å². The normalized spacial score (nSPS) is 18.6. The van der Waals surface area contributed by atoms with Crippen molar-refractivity contribution in [3.63, 3.8) is 0 Å². The van der Waals surface area contributed by atoms with E-state index in [1.165, 1.54) is 22.4 Å². The number of hydrogen-bond donors (Lipinski definition) is 1. The molecule has 6 rings (SSSR count). The minimum atomic E-state index is -1.12. The van der Waals surface area contributed by atoms with Crippen molar-refractivity contribution in [2.45, 2.75) is 105 Å². The number of aliphatic carboxylic acids is 1. The van der Waals surface area contributed by atoms with E-state index in [2.05, 4.69) is 53.8 Å². The molecule has 234 valence electrons. The SMILES string of the molecule is Cc1nc(C)c(C(OC(C)(C)C)C(=O)O)c(N2CCC(C)(C)CC2)c1-c1ccc2c(c1)CCN(c1ncnc3c1CCC3)C2. The second-order valence-corrected chi connectivity index (χ2v) is 14.7. The first kappa shape index (κ1) is 30.5. The second-order valence-electron chi connectivity index (χ2n) is 14.7. The van der Waals surface area contributed by atoms with E-state index in [-0.39, 0.29) is 5.41 Å². The first-order valence-corrected chi connectivity index (χ1v) is 16.2. The monoisotopic (exact) mass is 597 g/mol. The van der Waals surface area contributed by atoms with Gasteiger partial charge in [-0.25, -0.2) is 14.8 Å². The van der Waals surface area contributed by atoms with Gasteiger partial charge in [-0.15, -0.1) is 0 Å². The first-order valence-electron chi connectivity index (χ1n) is 16.2. The van der Waals surface area contributed by atoms with Crippen LogP contribution in [0.2, 0.25) is 0 Å². The van der Waals surface area contributed by atoms with Crippen LogP contribution < -0.4 is 9.80 Å². The third-order valence-electron chi connectivity index (χ3n) is 9.63. The molecule has 1 fully saturated rings. The van der Waals surface area contributed by atoms with E-state index >= 15 is 0 Å². The van der Waals surface area contributed by atoms with Gasteiger partial charge in [0, 0.05) is 60.0 Å². The molecule has 1 aliphatic carbocycles. The van der Waals surface area contributed by atoms with E-state index in [0.717, 1.165) is 93.0 Å². The van der Waals surface area contributed by atoms with Crippen molar-refractivity contribution in [3.8, 4) is 11.1 Å². The fraction of sp³-hybridized carbons (Fsp3) is 0.556. The van der Waals surface area contributed by atoms with Gasteiger partial charge in [0.05, 0.1) is 11.3 Å². The maximum Gasteiger partial charge on any atom is 0.337 e. The summed E-state index contributed by atoms with van der Waals surface area (Å²) in [6, 6.07) is 6.77. The Kier molecular flexibility index (Phi) is 7.93. The van der Waals surface area contributed by atoms with Crippen molar-refractivity contribution < 1.29 is 14.6 Å². The summed E-state index contributed by atoms with van der Waals surface area (Å²) in [7, 11) is 0. The van der Waals surface area contributed by atoms with E-state index in [1.807, 2.05) is 27.7 Å². The Hall–Kier alpha value is -3.52. The number of anilines is 2. The highest BCUT2D eigenvalue weighted by Crippen LogP contribution is 2.45. The molecular weight excluding hydrogens is 550 g/mol. The molecule has 0 bridgehead atoms. The Morgan fingerprint density at radius 3 is 2.43 bits per heavy atom. The van der Waals surface area contributed by atoms with Crippen LogP contribution in [-0.4, -0.2) is 51.3 Å². The van der Waals surface area contributed by atoms with Gasteiger partial charge >= 0.3 is 5.97 Å². The quantitative estimate of drug-likeness (QED) is 0.333. The van der Waals surface area contributed by atoms with Crippen molar-refractivity contribution >= 4 is 17.5 Å². The summed E-state index contributed by atoms with van der Waals surface area (Å²) < 4.78 is 6.26. The van der Waals surface area contributed by atoms with Crippen LogP contribution in [0.5, 0.6) is 0 Å². The van der Waals surface area contributed by atoms with Crippen LogP contribution in [0.1, 0.15) is 99.3 Å². The Labute approximate surface area is 261 Å². The van der Waals surface area contributed by atoms with Gasteiger partial charge in [-0.1, -0.05) is 32.0 Å². The van der Waals surface area contributed by atoms with Gasteiger partial charge in [0.25, 0.3) is 0 Å². The lowest BCUT2D eigenvalue weighted by Gasteiger charge is -2.41. The Morgan fingerprint density at radius 2 is 1.73 bits per heavy atom. The summed E-state index contributed by atoms with van der Waals surface area (Å²) in [5.74, 6) is 0.110. The molecule has 1 aromatic carbocycles. The lowest BCUT2D eigenvalue weighted by Crippen LogP contribution is -2.39. The highest BCUT2D eigenvalue weighted by Gasteiger charge is 2.37. The topological polar surface area (TPSA) is 91.7 Å². The maximum atomic E-state index is 12.8. The molecule has 1 unspecified atom stereocenters. The number of piperidine rings is 1. The van der Waals surface area contributed by atoms with Crippen LogP contribution >= 0.6 is 0 Å². The van der Waals surface area contributed by atoms with E-state index in [4.69, 9.17) is 14.7 Å². The minimum Gasteiger partial charge on any atom is -0.479 e. The standard InChI is InChI=1S/C36H47N5O3/c1-22-29(25-11-12-26-20-41(16-13-24(26)19-25)33-27-9-8-10-28(27)37-21-38-33)31(40-17-14-36(6,7)15-18-40)30(23(2)39-22)32(34(42)43)44-35(3,4)5/h11-12,19,21,32H,8-10,13-18,20H2,1-7H3,(H,42,43). The molecule has 1 N–H and O–H groups in total. The summed E-state index contributed by atoms with van der Waals surface area (Å²) in [5, 5.41) is 10.5. The molecule has 8 nitrogen and oxygen atoms in total. The number of benzene rings is 1. The molecule has 0 amide bonds. The molecule has 8 heteroatoms. The number of pyridine rings is 1. The molecule has 44 heavy (non-hydrogen) atoms. The Balaban J connectivity index is 1.43. The average Bonchev–Trinajstić information content (AvgIpc) is 3.44. The molecule has 3 aromatic rings. The van der Waals surface area contributed by atoms with E-state index in [9.17, 15) is 9.90 Å². The van der Waals surface area contributed by atoms with Crippen molar-refractivity contribution in [1.29, 1.82) is 0 Å². The number of fused-ring (bicyclic) bond motifs is 2. The van der Waals surface area contributed by atoms with Crippen LogP contribution in [0, 0.1) is 19.3 Å². The van der Waals surface area contributed by atoms with Gasteiger partial charge in [-0.3, -0.25) is 4.98 Å². The summed E-state index contributed by atoms with van der Waals surface area (Å²) in [6.45, 7) is 17.8. The number of hydrogen-bond acceptors (Lipinski definition) is 7. The van der Waals surface area contributed by atoms with Gasteiger partial charge in [0.2, 0.25) is 0 Å². The fourth-order valence-corrected chi connectivity index (χ4v) is 7.26. The van der Waals surface area contributed by atoms with Gasteiger partial charge in [-0.05, 0) is 95.2 Å². The largest absolute Gasteiger partial charge is 0.479 e. The third kappa shape index (κ3) is 5.93. The number of nitrogens with zero attached hydrogens (tertiary/aromatic N) is 5. The fourth-order valence-electron chi connectivity index (χ4n) is 7.26. The average molecular weight is 598 g/mol. The van der Waals surface area contributed by atoms with Gasteiger partial charge in [-0.2, -0.15) is 0 Å². The molecule has 0 spiro atoms. The smallest absolute Gasteiger partial charge is 0.337 e. The number of carbonyl (C=O) groups is 1. The zero-order chi connectivity index (χ0) is 31.4. The number of aromatic nitrogens is 3. The second kappa shape index (κ2) is 11.4. The van der Waals surface area contributed by atoms with Crippen molar-refractivity contribution in [3.05, 3.63) is 63.9 Å². The van der Waals surface area contributed by atoms with E-state index < -0.39 is 17.7 Å². The highest BCUT2D eigenvalue weighted by molar-refractivity contribution is 5.88. The number of carboxylic acids is 1. The molecule has 3 aliphatic rings. The van der Waals surface area contributed by atoms with E-state index in [0.29, 0.717) is 11.3 Å². The van der Waals surface area contributed by atoms with Gasteiger partial charge in [0.15, 0.2) is 6.10 Å². The third-order valence-corrected chi connectivity index (χ3v) is 9.63. The number of carboxylic acid groups (broad SMARTS) is 1. The van der Waals surface area contributed by atoms with Crippen molar-refractivity contribution in [1.82, 2.24) is 15.0 Å². The Bertz CT molecular complexity index is 1580. The molecule has 1 atom stereocenters. The lowest BCUT2D eigenvalue weighted by molar-refractivity contribution is -0.160. The summed E-state index contributed by atoms with van der Waals surface area (Å²) in [6.07, 6.45) is 6.86. The summed E-state index contributed by atoms with van der Waals surface area (Å²) in [5.41, 5.74) is 10.2. The highest BCUT2D eigenvalue weighted by atomic mass is 16.5. The number of aryl methyl sites for hydroxylation is 3. The lowest BCUT2D eigenvalue weighted by atomic mass is 9.81. The molecule has 1 saturated heterocycles. The molecular formula is C36H47N5O3. The van der Waals surface area contributed by atoms with Crippen molar-refractivity contribution in [2.24, 2.45) is 5.41 Å². The van der Waals surface area contributed by atoms with Gasteiger partial charge < -0.3 is 19.6 Å². The zero-order valence-electron chi connectivity index (χ0n) is 27.5. The minimum absolute atomic E-state index is 0.254. The van der Waals surface area contributed by atoms with Crippen LogP contribution in [0.4, 0.5) is 11.5 Å². The predicted molar refractivity (Wildman–Crippen MR) is 174 cm³/mol.